The van der Waals surface area contributed by atoms with E-state index in [9.17, 15) is 4.79 Å². The van der Waals surface area contributed by atoms with Crippen molar-refractivity contribution in [1.29, 1.82) is 0 Å². The fourth-order valence-electron chi connectivity index (χ4n) is 1.11. The van der Waals surface area contributed by atoms with E-state index < -0.39 is 0 Å². The molecule has 1 aromatic carbocycles. The lowest BCUT2D eigenvalue weighted by Gasteiger charge is -1.94. The summed E-state index contributed by atoms with van der Waals surface area (Å²) in [6.45, 7) is 0. The van der Waals surface area contributed by atoms with Crippen LogP contribution in [0.4, 0.5) is 0 Å². The topological polar surface area (TPSA) is 43.1 Å². The van der Waals surface area contributed by atoms with E-state index in [0.717, 1.165) is 5.52 Å². The average Bonchev–Trinajstić information content (AvgIpc) is 2.63. The van der Waals surface area contributed by atoms with Crippen LogP contribution in [0.25, 0.3) is 11.1 Å². The van der Waals surface area contributed by atoms with Gasteiger partial charge in [0.05, 0.1) is 5.33 Å². The molecule has 0 unspecified atom stereocenters. The zero-order valence-electron chi connectivity index (χ0n) is 6.66. The Labute approximate surface area is 82.9 Å². The molecule has 13 heavy (non-hydrogen) atoms. The van der Waals surface area contributed by atoms with Crippen LogP contribution < -0.4 is 0 Å². The molecule has 0 aliphatic rings. The lowest BCUT2D eigenvalue weighted by atomic mass is 10.1. The molecule has 0 amide bonds. The molecule has 0 saturated heterocycles. The molecule has 2 rings (SSSR count). The summed E-state index contributed by atoms with van der Waals surface area (Å²) in [5.41, 5.74) is 2.05. The monoisotopic (exact) mass is 239 g/mol. The van der Waals surface area contributed by atoms with Crippen molar-refractivity contribution in [3.05, 3.63) is 30.2 Å². The summed E-state index contributed by atoms with van der Waals surface area (Å²) in [6, 6.07) is 5.22. The Balaban J connectivity index is 2.54. The highest BCUT2D eigenvalue weighted by molar-refractivity contribution is 9.09. The number of oxazole rings is 1. The van der Waals surface area contributed by atoms with Gasteiger partial charge in [-0.25, -0.2) is 4.98 Å². The smallest absolute Gasteiger partial charge is 0.181 e. The minimum atomic E-state index is 0.0401. The first kappa shape index (κ1) is 8.44. The van der Waals surface area contributed by atoms with E-state index in [0.29, 0.717) is 16.5 Å². The highest BCUT2D eigenvalue weighted by atomic mass is 79.9. The molecule has 0 N–H and O–H groups in total. The lowest BCUT2D eigenvalue weighted by Crippen LogP contribution is -1.98. The fraction of sp³-hybridized carbons (Fsp3) is 0.111. The van der Waals surface area contributed by atoms with Crippen LogP contribution in [0.5, 0.6) is 0 Å². The molecule has 0 atom stereocenters. The van der Waals surface area contributed by atoms with Crippen molar-refractivity contribution in [3.63, 3.8) is 0 Å². The van der Waals surface area contributed by atoms with Gasteiger partial charge in [0.2, 0.25) is 0 Å². The summed E-state index contributed by atoms with van der Waals surface area (Å²) < 4.78 is 5.07. The van der Waals surface area contributed by atoms with E-state index in [2.05, 4.69) is 20.9 Å². The standard InChI is InChI=1S/C9H6BrNO2/c10-4-8(12)6-1-2-7-9(3-6)13-5-11-7/h1-3,5H,4H2. The fourth-order valence-corrected chi connectivity index (χ4v) is 1.43. The number of Topliss-reactive ketones (excluding diaryl/α,β-unsaturated/α-hetero) is 1. The maximum atomic E-state index is 11.3. The first-order chi connectivity index (χ1) is 6.31. The van der Waals surface area contributed by atoms with Gasteiger partial charge in [0.15, 0.2) is 17.8 Å². The molecule has 0 saturated carbocycles. The van der Waals surface area contributed by atoms with Crippen molar-refractivity contribution < 1.29 is 9.21 Å². The van der Waals surface area contributed by atoms with Crippen molar-refractivity contribution in [2.75, 3.05) is 5.33 Å². The normalized spacial score (nSPS) is 10.5. The number of hydrogen-bond acceptors (Lipinski definition) is 3. The molecule has 0 radical (unpaired) electrons. The van der Waals surface area contributed by atoms with Gasteiger partial charge in [-0.15, -0.1) is 0 Å². The Morgan fingerprint density at radius 1 is 1.54 bits per heavy atom. The number of carbonyl (C=O) groups excluding carboxylic acids is 1. The second kappa shape index (κ2) is 3.30. The molecule has 4 heteroatoms. The molecule has 0 aliphatic carbocycles. The first-order valence-corrected chi connectivity index (χ1v) is 4.86. The van der Waals surface area contributed by atoms with Gasteiger partial charge in [-0.3, -0.25) is 4.79 Å². The van der Waals surface area contributed by atoms with Gasteiger partial charge in [0, 0.05) is 5.56 Å². The predicted octanol–water partition coefficient (Wildman–Crippen LogP) is 2.41. The van der Waals surface area contributed by atoms with Crippen molar-refractivity contribution in [3.8, 4) is 0 Å². The number of ketones is 1. The van der Waals surface area contributed by atoms with Crippen LogP contribution in [0.3, 0.4) is 0 Å². The molecule has 1 aromatic heterocycles. The Hall–Kier alpha value is -1.16. The van der Waals surface area contributed by atoms with Gasteiger partial charge in [0.1, 0.15) is 5.52 Å². The number of alkyl halides is 1. The first-order valence-electron chi connectivity index (χ1n) is 3.73. The van der Waals surface area contributed by atoms with Crippen LogP contribution in [0.1, 0.15) is 10.4 Å². The number of halogens is 1. The van der Waals surface area contributed by atoms with Crippen LogP contribution in [-0.4, -0.2) is 16.1 Å². The minimum Gasteiger partial charge on any atom is -0.443 e. The Morgan fingerprint density at radius 3 is 3.15 bits per heavy atom. The summed E-state index contributed by atoms with van der Waals surface area (Å²) in [5.74, 6) is 0.0401. The summed E-state index contributed by atoms with van der Waals surface area (Å²) in [7, 11) is 0. The Bertz CT molecular complexity index is 450. The largest absolute Gasteiger partial charge is 0.443 e. The van der Waals surface area contributed by atoms with Crippen LogP contribution in [-0.2, 0) is 0 Å². The molecular weight excluding hydrogens is 234 g/mol. The third-order valence-electron chi connectivity index (χ3n) is 1.77. The SMILES string of the molecule is O=C(CBr)c1ccc2ncoc2c1. The molecule has 0 spiro atoms. The quantitative estimate of drug-likeness (QED) is 0.597. The molecule has 3 nitrogen and oxygen atoms in total. The number of aromatic nitrogens is 1. The number of rotatable bonds is 2. The summed E-state index contributed by atoms with van der Waals surface area (Å²) in [6.07, 6.45) is 1.37. The lowest BCUT2D eigenvalue weighted by molar-refractivity contribution is 0.102. The Kier molecular flexibility index (Phi) is 2.14. The second-order valence-electron chi connectivity index (χ2n) is 2.59. The minimum absolute atomic E-state index is 0.0401. The molecule has 0 bridgehead atoms. The predicted molar refractivity (Wildman–Crippen MR) is 52.1 cm³/mol. The third-order valence-corrected chi connectivity index (χ3v) is 2.28. The zero-order chi connectivity index (χ0) is 9.26. The van der Waals surface area contributed by atoms with E-state index in [-0.39, 0.29) is 5.78 Å². The van der Waals surface area contributed by atoms with Crippen molar-refractivity contribution >= 4 is 32.8 Å². The number of fused-ring (bicyclic) bond motifs is 1. The van der Waals surface area contributed by atoms with Crippen LogP contribution in [0, 0.1) is 0 Å². The summed E-state index contributed by atoms with van der Waals surface area (Å²) in [4.78, 5) is 15.2. The van der Waals surface area contributed by atoms with Crippen molar-refractivity contribution in [2.24, 2.45) is 0 Å². The third kappa shape index (κ3) is 1.49. The maximum absolute atomic E-state index is 11.3. The maximum Gasteiger partial charge on any atom is 0.181 e. The van der Waals surface area contributed by atoms with Gasteiger partial charge < -0.3 is 4.42 Å². The molecule has 1 heterocycles. The van der Waals surface area contributed by atoms with Gasteiger partial charge in [-0.2, -0.15) is 0 Å². The van der Waals surface area contributed by atoms with E-state index in [1.165, 1.54) is 6.39 Å². The highest BCUT2D eigenvalue weighted by Crippen LogP contribution is 2.14. The average molecular weight is 240 g/mol. The van der Waals surface area contributed by atoms with E-state index in [4.69, 9.17) is 4.42 Å². The van der Waals surface area contributed by atoms with Gasteiger partial charge in [-0.1, -0.05) is 15.9 Å². The van der Waals surface area contributed by atoms with E-state index >= 15 is 0 Å². The van der Waals surface area contributed by atoms with Crippen LogP contribution in [0.2, 0.25) is 0 Å². The highest BCUT2D eigenvalue weighted by Gasteiger charge is 2.06. The summed E-state index contributed by atoms with van der Waals surface area (Å²) >= 11 is 3.11. The van der Waals surface area contributed by atoms with E-state index in [1.54, 1.807) is 18.2 Å². The van der Waals surface area contributed by atoms with Gasteiger partial charge in [-0.05, 0) is 18.2 Å². The van der Waals surface area contributed by atoms with Gasteiger partial charge in [0.25, 0.3) is 0 Å². The van der Waals surface area contributed by atoms with Crippen molar-refractivity contribution in [1.82, 2.24) is 4.98 Å². The second-order valence-corrected chi connectivity index (χ2v) is 3.15. The zero-order valence-corrected chi connectivity index (χ0v) is 8.24. The molecule has 66 valence electrons. The number of carbonyl (C=O) groups is 1. The molecular formula is C9H6BrNO2. The number of benzene rings is 1. The molecule has 0 aliphatic heterocycles. The molecule has 2 aromatic rings. The van der Waals surface area contributed by atoms with Crippen molar-refractivity contribution in [2.45, 2.75) is 0 Å². The van der Waals surface area contributed by atoms with Crippen LogP contribution >= 0.6 is 15.9 Å². The molecule has 0 fully saturated rings. The summed E-state index contributed by atoms with van der Waals surface area (Å²) in [5, 5.41) is 0.326. The van der Waals surface area contributed by atoms with E-state index in [1.807, 2.05) is 0 Å². The number of nitrogens with zero attached hydrogens (tertiary/aromatic N) is 1. The number of hydrogen-bond donors (Lipinski definition) is 0. The Morgan fingerprint density at radius 2 is 2.38 bits per heavy atom. The van der Waals surface area contributed by atoms with Gasteiger partial charge >= 0.3 is 0 Å². The van der Waals surface area contributed by atoms with Crippen LogP contribution in [0.15, 0.2) is 29.0 Å².